The Labute approximate surface area is 283 Å². The Morgan fingerprint density at radius 3 is 2.44 bits per heavy atom. The van der Waals surface area contributed by atoms with Crippen LogP contribution in [0.15, 0.2) is 81.7 Å². The molecule has 0 fully saturated rings. The van der Waals surface area contributed by atoms with Gasteiger partial charge in [0.1, 0.15) is 24.1 Å². The van der Waals surface area contributed by atoms with Crippen molar-refractivity contribution in [3.8, 4) is 29.1 Å². The van der Waals surface area contributed by atoms with E-state index in [0.29, 0.717) is 74.4 Å². The molecule has 1 amide bonds. The number of thiazole rings is 1. The summed E-state index contributed by atoms with van der Waals surface area (Å²) in [6, 6.07) is 19.5. The van der Waals surface area contributed by atoms with Crippen LogP contribution in [0.5, 0.6) is 23.0 Å². The van der Waals surface area contributed by atoms with Crippen molar-refractivity contribution in [3.63, 3.8) is 0 Å². The minimum Gasteiger partial charge on any atom is -0.497 e. The summed E-state index contributed by atoms with van der Waals surface area (Å²) >= 11 is 1.25. The zero-order valence-corrected chi connectivity index (χ0v) is 28.7. The summed E-state index contributed by atoms with van der Waals surface area (Å²) in [4.78, 5) is 35.3. The number of likely N-dealkylation sites (N-methyl/N-ethyl adjacent to an activating group) is 1. The van der Waals surface area contributed by atoms with E-state index >= 15 is 0 Å². The Balaban J connectivity index is 1.62. The Morgan fingerprint density at radius 2 is 1.75 bits per heavy atom. The number of methoxy groups -OCH3 is 2. The van der Waals surface area contributed by atoms with E-state index in [-0.39, 0.29) is 18.1 Å². The number of ether oxygens (including phenoxy) is 4. The van der Waals surface area contributed by atoms with Crippen LogP contribution in [0, 0.1) is 11.3 Å². The second kappa shape index (κ2) is 15.0. The van der Waals surface area contributed by atoms with Crippen molar-refractivity contribution in [3.05, 3.63) is 114 Å². The van der Waals surface area contributed by atoms with Crippen molar-refractivity contribution in [2.45, 2.75) is 40.3 Å². The average Bonchev–Trinajstić information content (AvgIpc) is 3.41. The van der Waals surface area contributed by atoms with Gasteiger partial charge in [-0.25, -0.2) is 4.99 Å². The van der Waals surface area contributed by atoms with Gasteiger partial charge in [-0.05, 0) is 75.7 Å². The van der Waals surface area contributed by atoms with Crippen LogP contribution in [0.4, 0.5) is 0 Å². The first-order valence-corrected chi connectivity index (χ1v) is 16.5. The number of nitriles is 1. The number of allylic oxidation sites excluding steroid dienone is 1. The van der Waals surface area contributed by atoms with Gasteiger partial charge in [-0.2, -0.15) is 5.26 Å². The number of carbonyl (C=O) groups is 1. The van der Waals surface area contributed by atoms with Crippen molar-refractivity contribution in [2.24, 2.45) is 4.99 Å². The van der Waals surface area contributed by atoms with Crippen LogP contribution in [0.3, 0.4) is 0 Å². The first-order valence-electron chi connectivity index (χ1n) is 15.7. The smallest absolute Gasteiger partial charge is 0.271 e. The fourth-order valence-corrected chi connectivity index (χ4v) is 6.73. The van der Waals surface area contributed by atoms with Gasteiger partial charge >= 0.3 is 0 Å². The maximum Gasteiger partial charge on any atom is 0.271 e. The molecular formula is C37H38N4O6S. The van der Waals surface area contributed by atoms with E-state index in [9.17, 15) is 14.9 Å². The summed E-state index contributed by atoms with van der Waals surface area (Å²) < 4.78 is 25.3. The molecule has 1 atom stereocenters. The van der Waals surface area contributed by atoms with Crippen molar-refractivity contribution < 1.29 is 23.7 Å². The van der Waals surface area contributed by atoms with E-state index in [0.717, 1.165) is 11.1 Å². The first kappa shape index (κ1) is 34.0. The number of fused-ring (bicyclic) bond motifs is 1. The zero-order chi connectivity index (χ0) is 34.4. The molecule has 0 bridgehead atoms. The summed E-state index contributed by atoms with van der Waals surface area (Å²) in [5.41, 5.74) is 3.30. The highest BCUT2D eigenvalue weighted by Crippen LogP contribution is 2.38. The van der Waals surface area contributed by atoms with Gasteiger partial charge in [-0.3, -0.25) is 14.2 Å². The number of hydrogen-bond acceptors (Lipinski definition) is 9. The highest BCUT2D eigenvalue weighted by atomic mass is 32.1. The number of hydrogen-bond donors (Lipinski definition) is 0. The molecule has 0 radical (unpaired) electrons. The summed E-state index contributed by atoms with van der Waals surface area (Å²) in [7, 11) is 3.13. The molecule has 0 unspecified atom stereocenters. The van der Waals surface area contributed by atoms with Crippen LogP contribution >= 0.6 is 11.3 Å². The maximum absolute atomic E-state index is 14.3. The third kappa shape index (κ3) is 6.71. The van der Waals surface area contributed by atoms with Gasteiger partial charge in [-0.15, -0.1) is 0 Å². The molecule has 0 aliphatic carbocycles. The third-order valence-electron chi connectivity index (χ3n) is 8.12. The number of aromatic nitrogens is 1. The van der Waals surface area contributed by atoms with Gasteiger partial charge < -0.3 is 23.8 Å². The fraction of sp³-hybridized carbons (Fsp3) is 0.297. The third-order valence-corrected chi connectivity index (χ3v) is 9.10. The minimum atomic E-state index is -0.799. The Hall–Kier alpha value is -5.34. The van der Waals surface area contributed by atoms with E-state index in [1.165, 1.54) is 11.3 Å². The van der Waals surface area contributed by atoms with Gasteiger partial charge in [0.15, 0.2) is 16.3 Å². The molecule has 1 aliphatic heterocycles. The molecule has 2 heterocycles. The fourth-order valence-electron chi connectivity index (χ4n) is 5.69. The highest BCUT2D eigenvalue weighted by Gasteiger charge is 2.36. The van der Waals surface area contributed by atoms with E-state index in [1.54, 1.807) is 67.0 Å². The monoisotopic (exact) mass is 666 g/mol. The van der Waals surface area contributed by atoms with Crippen molar-refractivity contribution in [1.29, 1.82) is 5.26 Å². The second-order valence-corrected chi connectivity index (χ2v) is 11.9. The largest absolute Gasteiger partial charge is 0.497 e. The van der Waals surface area contributed by atoms with Crippen LogP contribution in [-0.4, -0.2) is 49.3 Å². The Bertz CT molecular complexity index is 2090. The van der Waals surface area contributed by atoms with Gasteiger partial charge in [-0.1, -0.05) is 35.6 Å². The standard InChI is InChI=1S/C37H38N4O6S/c1-7-40(8-2)36(43)33-23(4)39-37-41(34(33)28-20-27(44-5)15-17-29(28)45-6)35(42)32(48-37)19-24-14-16-30(31(18-24)46-9-3)47-22-26-13-11-10-12-25(26)21-38/h10-20,34H,7-9,22H2,1-6H3/b32-19+/t34-/m1/s1. The first-order chi connectivity index (χ1) is 23.3. The molecule has 48 heavy (non-hydrogen) atoms. The molecule has 248 valence electrons. The predicted octanol–water partition coefficient (Wildman–Crippen LogP) is 4.97. The lowest BCUT2D eigenvalue weighted by atomic mass is 9.93. The maximum atomic E-state index is 14.3. The van der Waals surface area contributed by atoms with Crippen LogP contribution < -0.4 is 33.8 Å². The Morgan fingerprint density at radius 1 is 1.00 bits per heavy atom. The van der Waals surface area contributed by atoms with Crippen LogP contribution in [0.2, 0.25) is 0 Å². The van der Waals surface area contributed by atoms with Crippen molar-refractivity contribution in [1.82, 2.24) is 9.47 Å². The van der Waals surface area contributed by atoms with Gasteiger partial charge in [0, 0.05) is 24.2 Å². The quantitative estimate of drug-likeness (QED) is 0.210. The number of rotatable bonds is 12. The second-order valence-electron chi connectivity index (χ2n) is 10.9. The molecule has 11 heteroatoms. The number of amides is 1. The van der Waals surface area contributed by atoms with E-state index in [2.05, 4.69) is 6.07 Å². The Kier molecular flexibility index (Phi) is 10.7. The lowest BCUT2D eigenvalue weighted by Gasteiger charge is -2.30. The molecule has 0 N–H and O–H groups in total. The molecule has 0 saturated carbocycles. The molecule has 1 aromatic heterocycles. The highest BCUT2D eigenvalue weighted by molar-refractivity contribution is 7.07. The van der Waals surface area contributed by atoms with E-state index < -0.39 is 6.04 Å². The number of nitrogens with zero attached hydrogens (tertiary/aromatic N) is 4. The summed E-state index contributed by atoms with van der Waals surface area (Å²) in [6.45, 7) is 9.14. The molecule has 5 rings (SSSR count). The normalized spacial score (nSPS) is 14.1. The van der Waals surface area contributed by atoms with Gasteiger partial charge in [0.2, 0.25) is 0 Å². The molecule has 10 nitrogen and oxygen atoms in total. The van der Waals surface area contributed by atoms with E-state index in [1.807, 2.05) is 51.1 Å². The van der Waals surface area contributed by atoms with Gasteiger partial charge in [0.25, 0.3) is 11.5 Å². The SMILES string of the molecule is CCOc1cc(/C=c2/sc3n(c2=O)[C@H](c2cc(OC)ccc2OC)C(C(=O)N(CC)CC)=C(C)N=3)ccc1OCc1ccccc1C#N. The molecule has 4 aromatic rings. The van der Waals surface area contributed by atoms with Gasteiger partial charge in [0.05, 0.1) is 48.3 Å². The topological polar surface area (TPSA) is 115 Å². The molecule has 0 saturated heterocycles. The van der Waals surface area contributed by atoms with Crippen LogP contribution in [-0.2, 0) is 11.4 Å². The predicted molar refractivity (Wildman–Crippen MR) is 184 cm³/mol. The number of carbonyl (C=O) groups excluding carboxylic acids is 1. The minimum absolute atomic E-state index is 0.195. The molecule has 1 aliphatic rings. The summed E-state index contributed by atoms with van der Waals surface area (Å²) in [5, 5.41) is 9.45. The molecular weight excluding hydrogens is 628 g/mol. The molecule has 3 aromatic carbocycles. The lowest BCUT2D eigenvalue weighted by molar-refractivity contribution is -0.127. The average molecular weight is 667 g/mol. The van der Waals surface area contributed by atoms with E-state index in [4.69, 9.17) is 23.9 Å². The summed E-state index contributed by atoms with van der Waals surface area (Å²) in [5.74, 6) is 1.92. The van der Waals surface area contributed by atoms with Crippen LogP contribution in [0.1, 0.15) is 56.0 Å². The number of benzene rings is 3. The summed E-state index contributed by atoms with van der Waals surface area (Å²) in [6.07, 6.45) is 1.78. The zero-order valence-electron chi connectivity index (χ0n) is 27.9. The lowest BCUT2D eigenvalue weighted by Crippen LogP contribution is -2.43. The van der Waals surface area contributed by atoms with Crippen molar-refractivity contribution in [2.75, 3.05) is 33.9 Å². The van der Waals surface area contributed by atoms with Crippen molar-refractivity contribution >= 4 is 23.3 Å². The van der Waals surface area contributed by atoms with Crippen LogP contribution in [0.25, 0.3) is 6.08 Å². The molecule has 0 spiro atoms.